The Morgan fingerprint density at radius 2 is 1.86 bits per heavy atom. The van der Waals surface area contributed by atoms with E-state index in [0.29, 0.717) is 0 Å². The number of hydrogen-bond donors (Lipinski definition) is 1. The van der Waals surface area contributed by atoms with Gasteiger partial charge in [0.15, 0.2) is 0 Å². The van der Waals surface area contributed by atoms with Crippen molar-refractivity contribution in [2.45, 2.75) is 0 Å². The number of hydrogen-bond acceptors (Lipinski definition) is 1. The third-order valence-electron chi connectivity index (χ3n) is 2.68. The van der Waals surface area contributed by atoms with Gasteiger partial charge in [-0.25, -0.2) is 9.89 Å². The number of nitrogens with one attached hydrogen (secondary N) is 1. The molecule has 0 atom stereocenters. The van der Waals surface area contributed by atoms with Crippen molar-refractivity contribution in [1.29, 1.82) is 0 Å². The molecule has 1 aliphatic heterocycles. The second kappa shape index (κ2) is 2.58. The van der Waals surface area contributed by atoms with Gasteiger partial charge < -0.3 is 0 Å². The summed E-state index contributed by atoms with van der Waals surface area (Å²) in [5.74, 6) is 0. The maximum absolute atomic E-state index is 3.28. The molecule has 0 aliphatic carbocycles. The monoisotopic (exact) mass is 183 g/mol. The van der Waals surface area contributed by atoms with Crippen LogP contribution in [0.4, 0.5) is 11.4 Å². The lowest BCUT2D eigenvalue weighted by Crippen LogP contribution is -2.12. The molecular formula is C12H11N2+. The number of nitrogens with zero attached hydrogens (tertiary/aromatic N) is 1. The van der Waals surface area contributed by atoms with Crippen molar-refractivity contribution in [2.24, 2.45) is 0 Å². The van der Waals surface area contributed by atoms with Gasteiger partial charge in [-0.05, 0) is 17.5 Å². The van der Waals surface area contributed by atoms with Gasteiger partial charge in [0.2, 0.25) is 6.34 Å². The minimum Gasteiger partial charge on any atom is -0.246 e. The molecule has 2 aromatic rings. The van der Waals surface area contributed by atoms with Crippen LogP contribution >= 0.6 is 0 Å². The van der Waals surface area contributed by atoms with Gasteiger partial charge in [-0.1, -0.05) is 24.3 Å². The molecule has 1 N–H and O–H groups in total. The third kappa shape index (κ3) is 0.880. The van der Waals surface area contributed by atoms with Gasteiger partial charge >= 0.3 is 0 Å². The van der Waals surface area contributed by atoms with Crippen LogP contribution in [0.15, 0.2) is 36.4 Å². The molecule has 1 aliphatic rings. The van der Waals surface area contributed by atoms with Crippen LogP contribution in [0.25, 0.3) is 10.8 Å². The first kappa shape index (κ1) is 7.56. The summed E-state index contributed by atoms with van der Waals surface area (Å²) >= 11 is 0. The second-order valence-corrected chi connectivity index (χ2v) is 3.57. The highest BCUT2D eigenvalue weighted by Gasteiger charge is 2.15. The Hall–Kier alpha value is -1.83. The van der Waals surface area contributed by atoms with Crippen molar-refractivity contribution in [2.75, 3.05) is 12.4 Å². The summed E-state index contributed by atoms with van der Waals surface area (Å²) in [7, 11) is 2.05. The zero-order valence-corrected chi connectivity index (χ0v) is 7.99. The summed E-state index contributed by atoms with van der Waals surface area (Å²) in [6.45, 7) is 0. The Labute approximate surface area is 82.5 Å². The minimum atomic E-state index is 1.19. The molecule has 0 aromatic heterocycles. The summed E-state index contributed by atoms with van der Waals surface area (Å²) in [5, 5.41) is 5.87. The lowest BCUT2D eigenvalue weighted by Gasteiger charge is -2.12. The van der Waals surface area contributed by atoms with Crippen LogP contribution in [-0.4, -0.2) is 18.0 Å². The number of benzene rings is 2. The molecule has 0 radical (unpaired) electrons. The molecule has 1 heterocycles. The Balaban J connectivity index is 2.52. The van der Waals surface area contributed by atoms with Crippen LogP contribution in [-0.2, 0) is 0 Å². The average molecular weight is 183 g/mol. The molecule has 68 valence electrons. The molecule has 0 saturated carbocycles. The largest absolute Gasteiger partial charge is 0.246 e. The predicted octanol–water partition coefficient (Wildman–Crippen LogP) is 2.57. The lowest BCUT2D eigenvalue weighted by atomic mass is 10.1. The molecule has 0 spiro atoms. The Morgan fingerprint density at radius 3 is 2.71 bits per heavy atom. The van der Waals surface area contributed by atoms with E-state index in [2.05, 4.69) is 53.3 Å². The lowest BCUT2D eigenvalue weighted by molar-refractivity contribution is -0.398. The van der Waals surface area contributed by atoms with E-state index in [4.69, 9.17) is 0 Å². The van der Waals surface area contributed by atoms with E-state index in [1.165, 1.54) is 22.1 Å². The van der Waals surface area contributed by atoms with Gasteiger partial charge in [0.25, 0.3) is 0 Å². The SMILES string of the molecule is C[N+]1=CNc2cccc3cccc1c23. The van der Waals surface area contributed by atoms with E-state index in [0.717, 1.165) is 0 Å². The smallest absolute Gasteiger partial charge is 0.242 e. The van der Waals surface area contributed by atoms with Gasteiger partial charge in [0, 0.05) is 0 Å². The molecule has 0 saturated heterocycles. The summed E-state index contributed by atoms with van der Waals surface area (Å²) in [6.07, 6.45) is 1.98. The summed E-state index contributed by atoms with van der Waals surface area (Å²) in [4.78, 5) is 0. The molecule has 0 unspecified atom stereocenters. The topological polar surface area (TPSA) is 15.0 Å². The predicted molar refractivity (Wildman–Crippen MR) is 59.5 cm³/mol. The fourth-order valence-electron chi connectivity index (χ4n) is 1.97. The molecule has 3 rings (SSSR count). The van der Waals surface area contributed by atoms with Crippen LogP contribution in [0.2, 0.25) is 0 Å². The van der Waals surface area contributed by atoms with E-state index in [9.17, 15) is 0 Å². The Morgan fingerprint density at radius 1 is 1.07 bits per heavy atom. The molecule has 2 aromatic carbocycles. The maximum Gasteiger partial charge on any atom is 0.242 e. The zero-order valence-electron chi connectivity index (χ0n) is 7.99. The maximum atomic E-state index is 3.28. The normalized spacial score (nSPS) is 13.6. The number of anilines is 1. The van der Waals surface area contributed by atoms with Crippen LogP contribution in [0.5, 0.6) is 0 Å². The Bertz CT molecular complexity index is 536. The first-order chi connectivity index (χ1) is 6.86. The van der Waals surface area contributed by atoms with Crippen molar-refractivity contribution in [1.82, 2.24) is 0 Å². The summed E-state index contributed by atoms with van der Waals surface area (Å²) in [5.41, 5.74) is 2.45. The van der Waals surface area contributed by atoms with E-state index < -0.39 is 0 Å². The quantitative estimate of drug-likeness (QED) is 0.620. The molecular weight excluding hydrogens is 172 g/mol. The fraction of sp³-hybridized carbons (Fsp3) is 0.0833. The fourth-order valence-corrected chi connectivity index (χ4v) is 1.97. The van der Waals surface area contributed by atoms with Gasteiger partial charge in [-0.15, -0.1) is 0 Å². The summed E-state index contributed by atoms with van der Waals surface area (Å²) in [6, 6.07) is 12.7. The van der Waals surface area contributed by atoms with E-state index in [1.54, 1.807) is 0 Å². The first-order valence-corrected chi connectivity index (χ1v) is 4.71. The summed E-state index contributed by atoms with van der Waals surface area (Å²) < 4.78 is 2.11. The van der Waals surface area contributed by atoms with Gasteiger partial charge in [0.1, 0.15) is 11.4 Å². The first-order valence-electron chi connectivity index (χ1n) is 4.71. The van der Waals surface area contributed by atoms with Crippen LogP contribution < -0.4 is 5.32 Å². The third-order valence-corrected chi connectivity index (χ3v) is 2.68. The Kier molecular flexibility index (Phi) is 1.39. The van der Waals surface area contributed by atoms with Crippen LogP contribution in [0.1, 0.15) is 0 Å². The highest BCUT2D eigenvalue weighted by molar-refractivity contribution is 6.05. The molecule has 0 bridgehead atoms. The van der Waals surface area contributed by atoms with Crippen molar-refractivity contribution >= 4 is 28.5 Å². The molecule has 14 heavy (non-hydrogen) atoms. The standard InChI is InChI=1S/C12H10N2/c1-14-8-13-10-6-2-4-9-5-3-7-11(14)12(9)10/h2-8H,1H3/p+1. The zero-order chi connectivity index (χ0) is 9.54. The molecule has 2 nitrogen and oxygen atoms in total. The highest BCUT2D eigenvalue weighted by Crippen LogP contribution is 2.33. The van der Waals surface area contributed by atoms with E-state index in [-0.39, 0.29) is 0 Å². The molecule has 2 heteroatoms. The molecule has 0 fully saturated rings. The van der Waals surface area contributed by atoms with Crippen LogP contribution in [0, 0.1) is 0 Å². The van der Waals surface area contributed by atoms with Crippen molar-refractivity contribution in [3.05, 3.63) is 36.4 Å². The van der Waals surface area contributed by atoms with E-state index in [1.807, 2.05) is 6.34 Å². The van der Waals surface area contributed by atoms with Crippen molar-refractivity contribution in [3.8, 4) is 0 Å². The highest BCUT2D eigenvalue weighted by atomic mass is 15.1. The van der Waals surface area contributed by atoms with Crippen molar-refractivity contribution < 1.29 is 4.58 Å². The number of rotatable bonds is 0. The average Bonchev–Trinajstić information content (AvgIpc) is 2.24. The second-order valence-electron chi connectivity index (χ2n) is 3.57. The van der Waals surface area contributed by atoms with Crippen molar-refractivity contribution in [3.63, 3.8) is 0 Å². The van der Waals surface area contributed by atoms with E-state index >= 15 is 0 Å². The van der Waals surface area contributed by atoms with Gasteiger partial charge in [-0.2, -0.15) is 0 Å². The minimum absolute atomic E-state index is 1.19. The van der Waals surface area contributed by atoms with Gasteiger partial charge in [0.05, 0.1) is 12.4 Å². The molecule has 0 amide bonds. The van der Waals surface area contributed by atoms with Gasteiger partial charge in [-0.3, -0.25) is 0 Å². The van der Waals surface area contributed by atoms with Crippen LogP contribution in [0.3, 0.4) is 0 Å².